The van der Waals surface area contributed by atoms with Crippen molar-refractivity contribution >= 4 is 34.1 Å². The zero-order valence-corrected chi connectivity index (χ0v) is 19.9. The van der Waals surface area contributed by atoms with E-state index < -0.39 is 5.69 Å². The number of amides is 1. The number of hydrogen-bond donors (Lipinski definition) is 1. The van der Waals surface area contributed by atoms with E-state index in [0.717, 1.165) is 5.56 Å². The molecule has 1 aromatic heterocycles. The highest BCUT2D eigenvalue weighted by atomic mass is 35.5. The number of carbonyl (C=O) groups excluding carboxylic acids is 1. The number of halogens is 1. The Morgan fingerprint density at radius 2 is 1.59 bits per heavy atom. The summed E-state index contributed by atoms with van der Waals surface area (Å²) in [5.41, 5.74) is 2.35. The summed E-state index contributed by atoms with van der Waals surface area (Å²) in [4.78, 5) is 39.2. The number of nitrogens with one attached hydrogen (secondary N) is 1. The van der Waals surface area contributed by atoms with E-state index in [1.807, 2.05) is 36.4 Å². The van der Waals surface area contributed by atoms with Gasteiger partial charge in [0.1, 0.15) is 6.54 Å². The van der Waals surface area contributed by atoms with Gasteiger partial charge in [0.25, 0.3) is 5.56 Å². The van der Waals surface area contributed by atoms with Crippen molar-refractivity contribution in [1.82, 2.24) is 9.13 Å². The maximum Gasteiger partial charge on any atom is 0.331 e. The van der Waals surface area contributed by atoms with E-state index in [1.54, 1.807) is 36.4 Å². The summed E-state index contributed by atoms with van der Waals surface area (Å²) >= 11 is 5.95. The van der Waals surface area contributed by atoms with Gasteiger partial charge in [-0.3, -0.25) is 18.7 Å². The van der Waals surface area contributed by atoms with Crippen molar-refractivity contribution in [3.63, 3.8) is 0 Å². The Morgan fingerprint density at radius 1 is 0.912 bits per heavy atom. The smallest absolute Gasteiger partial charge is 0.325 e. The van der Waals surface area contributed by atoms with Crippen molar-refractivity contribution < 1.29 is 4.79 Å². The number of rotatable bonds is 7. The van der Waals surface area contributed by atoms with E-state index in [1.165, 1.54) is 14.7 Å². The Bertz CT molecular complexity index is 1440. The van der Waals surface area contributed by atoms with Crippen LogP contribution in [0.25, 0.3) is 10.9 Å². The third kappa shape index (κ3) is 5.13. The molecule has 0 aliphatic rings. The Hall–Kier alpha value is -3.64. The zero-order valence-electron chi connectivity index (χ0n) is 19.1. The summed E-state index contributed by atoms with van der Waals surface area (Å²) in [6.45, 7) is 4.20. The van der Waals surface area contributed by atoms with Crippen LogP contribution in [0.4, 0.5) is 5.69 Å². The second kappa shape index (κ2) is 10.1. The van der Waals surface area contributed by atoms with E-state index in [4.69, 9.17) is 11.6 Å². The van der Waals surface area contributed by atoms with Crippen molar-refractivity contribution in [3.8, 4) is 0 Å². The first-order valence-electron chi connectivity index (χ1n) is 11.2. The normalized spacial score (nSPS) is 11.2. The molecule has 1 heterocycles. The largest absolute Gasteiger partial charge is 0.331 e. The molecule has 4 rings (SSSR count). The molecular formula is C27H26ClN3O3. The second-order valence-electron chi connectivity index (χ2n) is 8.54. The van der Waals surface area contributed by atoms with Crippen LogP contribution in [0.5, 0.6) is 0 Å². The van der Waals surface area contributed by atoms with Gasteiger partial charge in [-0.15, -0.1) is 0 Å². The van der Waals surface area contributed by atoms with E-state index in [-0.39, 0.29) is 24.6 Å². The molecule has 1 N–H and O–H groups in total. The van der Waals surface area contributed by atoms with Gasteiger partial charge in [-0.2, -0.15) is 0 Å². The third-order valence-electron chi connectivity index (χ3n) is 5.83. The van der Waals surface area contributed by atoms with Gasteiger partial charge in [0.2, 0.25) is 5.91 Å². The number of benzene rings is 3. The average molecular weight is 476 g/mol. The van der Waals surface area contributed by atoms with Crippen molar-refractivity contribution in [1.29, 1.82) is 0 Å². The first kappa shape index (κ1) is 23.5. The van der Waals surface area contributed by atoms with Gasteiger partial charge >= 0.3 is 5.69 Å². The maximum absolute atomic E-state index is 13.3. The van der Waals surface area contributed by atoms with Gasteiger partial charge in [0, 0.05) is 17.3 Å². The molecule has 34 heavy (non-hydrogen) atoms. The van der Waals surface area contributed by atoms with Crippen LogP contribution in [0.3, 0.4) is 0 Å². The molecule has 0 unspecified atom stereocenters. The highest BCUT2D eigenvalue weighted by molar-refractivity contribution is 6.30. The van der Waals surface area contributed by atoms with Gasteiger partial charge in [-0.25, -0.2) is 4.79 Å². The summed E-state index contributed by atoms with van der Waals surface area (Å²) < 4.78 is 2.55. The predicted octanol–water partition coefficient (Wildman–Crippen LogP) is 4.82. The van der Waals surface area contributed by atoms with E-state index >= 15 is 0 Å². The Morgan fingerprint density at radius 3 is 2.26 bits per heavy atom. The number of aromatic nitrogens is 2. The van der Waals surface area contributed by atoms with E-state index in [2.05, 4.69) is 19.2 Å². The molecule has 0 radical (unpaired) electrons. The molecule has 4 aromatic rings. The molecule has 0 spiro atoms. The molecule has 6 nitrogen and oxygen atoms in total. The van der Waals surface area contributed by atoms with Crippen molar-refractivity contribution in [2.24, 2.45) is 0 Å². The molecule has 0 bridgehead atoms. The Kier molecular flexibility index (Phi) is 6.98. The third-order valence-corrected chi connectivity index (χ3v) is 6.08. The van der Waals surface area contributed by atoms with Crippen LogP contribution in [-0.4, -0.2) is 15.0 Å². The summed E-state index contributed by atoms with van der Waals surface area (Å²) in [5, 5.41) is 3.87. The van der Waals surface area contributed by atoms with Crippen molar-refractivity contribution in [2.45, 2.75) is 39.3 Å². The van der Waals surface area contributed by atoms with Crippen LogP contribution in [-0.2, 0) is 24.3 Å². The number of fused-ring (bicyclic) bond motifs is 1. The number of carbonyl (C=O) groups is 1. The van der Waals surface area contributed by atoms with Crippen molar-refractivity contribution in [3.05, 3.63) is 110 Å². The summed E-state index contributed by atoms with van der Waals surface area (Å²) in [6.07, 6.45) is 0.485. The molecular weight excluding hydrogens is 450 g/mol. The lowest BCUT2D eigenvalue weighted by Crippen LogP contribution is -2.42. The highest BCUT2D eigenvalue weighted by Gasteiger charge is 2.15. The first-order valence-corrected chi connectivity index (χ1v) is 11.6. The number of nitrogens with zero attached hydrogens (tertiary/aromatic N) is 2. The minimum Gasteiger partial charge on any atom is -0.325 e. The summed E-state index contributed by atoms with van der Waals surface area (Å²) in [6, 6.07) is 21.8. The van der Waals surface area contributed by atoms with Crippen LogP contribution in [0.2, 0.25) is 5.02 Å². The van der Waals surface area contributed by atoms with Gasteiger partial charge in [0.05, 0.1) is 10.9 Å². The Balaban J connectivity index is 1.63. The quantitative estimate of drug-likeness (QED) is 0.416. The molecule has 0 saturated heterocycles. The molecule has 7 heteroatoms. The highest BCUT2D eigenvalue weighted by Crippen LogP contribution is 2.17. The zero-order chi connectivity index (χ0) is 24.2. The molecule has 0 saturated carbocycles. The summed E-state index contributed by atoms with van der Waals surface area (Å²) in [5.74, 6) is 0.0519. The minimum atomic E-state index is -0.511. The molecule has 0 aliphatic carbocycles. The number of para-hydroxylation sites is 1. The number of hydrogen-bond acceptors (Lipinski definition) is 3. The molecule has 174 valence electrons. The number of anilines is 1. The fraction of sp³-hybridized carbons (Fsp3) is 0.222. The molecule has 0 aliphatic heterocycles. The monoisotopic (exact) mass is 475 g/mol. The first-order chi connectivity index (χ1) is 16.3. The van der Waals surface area contributed by atoms with E-state index in [0.29, 0.717) is 34.0 Å². The fourth-order valence-corrected chi connectivity index (χ4v) is 4.03. The number of aryl methyl sites for hydroxylation is 1. The van der Waals surface area contributed by atoms with Gasteiger partial charge in [0.15, 0.2) is 0 Å². The molecule has 3 aromatic carbocycles. The summed E-state index contributed by atoms with van der Waals surface area (Å²) in [7, 11) is 0. The lowest BCUT2D eigenvalue weighted by atomic mass is 10.0. The standard InChI is InChI=1S/C27H26ClN3O3/c1-18(2)20-9-13-22(14-10-20)29-25(32)17-31-24-6-4-3-5-23(24)26(33)30(27(31)34)16-15-19-7-11-21(28)12-8-19/h3-14,18H,15-17H2,1-2H3,(H,29,32). The Labute approximate surface area is 202 Å². The van der Waals surface area contributed by atoms with Crippen LogP contribution < -0.4 is 16.6 Å². The lowest BCUT2D eigenvalue weighted by Gasteiger charge is -2.14. The fourth-order valence-electron chi connectivity index (χ4n) is 3.91. The average Bonchev–Trinajstić information content (AvgIpc) is 2.83. The molecule has 1 amide bonds. The van der Waals surface area contributed by atoms with Gasteiger partial charge < -0.3 is 5.32 Å². The van der Waals surface area contributed by atoms with Crippen LogP contribution in [0.15, 0.2) is 82.4 Å². The molecule has 0 atom stereocenters. The van der Waals surface area contributed by atoms with Crippen LogP contribution >= 0.6 is 11.6 Å². The van der Waals surface area contributed by atoms with E-state index in [9.17, 15) is 14.4 Å². The second-order valence-corrected chi connectivity index (χ2v) is 8.98. The van der Waals surface area contributed by atoms with Gasteiger partial charge in [-0.05, 0) is 59.9 Å². The predicted molar refractivity (Wildman–Crippen MR) is 137 cm³/mol. The van der Waals surface area contributed by atoms with Crippen LogP contribution in [0, 0.1) is 0 Å². The molecule has 0 fully saturated rings. The minimum absolute atomic E-state index is 0.197. The van der Waals surface area contributed by atoms with Crippen molar-refractivity contribution in [2.75, 3.05) is 5.32 Å². The van der Waals surface area contributed by atoms with Crippen LogP contribution in [0.1, 0.15) is 30.9 Å². The lowest BCUT2D eigenvalue weighted by molar-refractivity contribution is -0.116. The van der Waals surface area contributed by atoms with Gasteiger partial charge in [-0.1, -0.05) is 61.8 Å². The topological polar surface area (TPSA) is 73.1 Å². The maximum atomic E-state index is 13.3. The SMILES string of the molecule is CC(C)c1ccc(NC(=O)Cn2c(=O)n(CCc3ccc(Cl)cc3)c(=O)c3ccccc32)cc1.